The quantitative estimate of drug-likeness (QED) is 0.808. The molecule has 1 aliphatic rings. The van der Waals surface area contributed by atoms with Crippen LogP contribution in [-0.2, 0) is 0 Å². The molecule has 0 bridgehead atoms. The number of hydrogen-bond acceptors (Lipinski definition) is 3. The fourth-order valence-electron chi connectivity index (χ4n) is 2.43. The monoisotopic (exact) mass is 241 g/mol. The van der Waals surface area contributed by atoms with E-state index in [0.717, 1.165) is 40.7 Å². The summed E-state index contributed by atoms with van der Waals surface area (Å²) in [5.41, 5.74) is 8.99. The van der Waals surface area contributed by atoms with E-state index in [2.05, 4.69) is 17.2 Å². The van der Waals surface area contributed by atoms with Gasteiger partial charge in [-0.25, -0.2) is 0 Å². The maximum absolute atomic E-state index is 6.19. The van der Waals surface area contributed by atoms with E-state index in [1.54, 1.807) is 6.20 Å². The third kappa shape index (κ3) is 2.13. The molecule has 0 aliphatic heterocycles. The zero-order chi connectivity index (χ0) is 12.5. The molecule has 1 aromatic heterocycles. The van der Waals surface area contributed by atoms with Crippen molar-refractivity contribution in [3.8, 4) is 0 Å². The molecule has 94 valence electrons. The third-order valence-electron chi connectivity index (χ3n) is 3.87. The van der Waals surface area contributed by atoms with E-state index in [-0.39, 0.29) is 0 Å². The number of fused-ring (bicyclic) bond motifs is 1. The van der Waals surface area contributed by atoms with Gasteiger partial charge in [0, 0.05) is 18.1 Å². The number of nitrogens with zero attached hydrogens (tertiary/aromatic N) is 1. The van der Waals surface area contributed by atoms with Crippen LogP contribution < -0.4 is 11.1 Å². The molecule has 1 fully saturated rings. The summed E-state index contributed by atoms with van der Waals surface area (Å²) < 4.78 is 0. The number of aromatic nitrogens is 1. The van der Waals surface area contributed by atoms with Gasteiger partial charge in [0.25, 0.3) is 0 Å². The van der Waals surface area contributed by atoms with E-state index in [4.69, 9.17) is 5.73 Å². The molecular formula is C15H19N3. The van der Waals surface area contributed by atoms with Crippen LogP contribution in [-0.4, -0.2) is 11.5 Å². The van der Waals surface area contributed by atoms with Gasteiger partial charge < -0.3 is 11.1 Å². The van der Waals surface area contributed by atoms with Gasteiger partial charge in [0.15, 0.2) is 0 Å². The second kappa shape index (κ2) is 4.48. The Bertz CT molecular complexity index is 561. The number of nitrogen functional groups attached to an aromatic ring is 1. The van der Waals surface area contributed by atoms with Gasteiger partial charge in [-0.15, -0.1) is 0 Å². The van der Waals surface area contributed by atoms with E-state index >= 15 is 0 Å². The van der Waals surface area contributed by atoms with Crippen LogP contribution in [0.4, 0.5) is 11.4 Å². The molecule has 3 N–H and O–H groups in total. The average molecular weight is 241 g/mol. The summed E-state index contributed by atoms with van der Waals surface area (Å²) in [6, 6.07) is 8.00. The molecular weight excluding hydrogens is 222 g/mol. The lowest BCUT2D eigenvalue weighted by atomic mass is 10.1. The zero-order valence-corrected chi connectivity index (χ0v) is 10.7. The first-order chi connectivity index (χ1) is 8.75. The molecule has 1 aromatic carbocycles. The van der Waals surface area contributed by atoms with Crippen LogP contribution in [0.5, 0.6) is 0 Å². The summed E-state index contributed by atoms with van der Waals surface area (Å²) >= 11 is 0. The lowest BCUT2D eigenvalue weighted by Gasteiger charge is -2.15. The fraction of sp³-hybridized carbons (Fsp3) is 0.400. The third-order valence-corrected chi connectivity index (χ3v) is 3.87. The first kappa shape index (κ1) is 11.3. The summed E-state index contributed by atoms with van der Waals surface area (Å²) in [5.74, 6) is 1.65. The normalized spacial score (nSPS) is 16.7. The molecule has 1 aliphatic carbocycles. The van der Waals surface area contributed by atoms with Gasteiger partial charge in [0.1, 0.15) is 0 Å². The van der Waals surface area contributed by atoms with Crippen LogP contribution in [0.2, 0.25) is 0 Å². The Morgan fingerprint density at radius 1 is 1.39 bits per heavy atom. The van der Waals surface area contributed by atoms with E-state index in [0.29, 0.717) is 0 Å². The second-order valence-corrected chi connectivity index (χ2v) is 5.29. The topological polar surface area (TPSA) is 50.9 Å². The minimum Gasteiger partial charge on any atom is -0.397 e. The van der Waals surface area contributed by atoms with E-state index in [1.807, 2.05) is 24.3 Å². The summed E-state index contributed by atoms with van der Waals surface area (Å²) in [6.07, 6.45) is 4.57. The predicted octanol–water partition coefficient (Wildman–Crippen LogP) is 3.28. The Hall–Kier alpha value is -1.77. The Balaban J connectivity index is 1.81. The van der Waals surface area contributed by atoms with Crippen molar-refractivity contribution in [2.75, 3.05) is 17.6 Å². The molecule has 2 aromatic rings. The van der Waals surface area contributed by atoms with Crippen LogP contribution >= 0.6 is 0 Å². The second-order valence-electron chi connectivity index (χ2n) is 5.29. The smallest absolute Gasteiger partial charge is 0.0724 e. The molecule has 1 saturated carbocycles. The number of rotatable bonds is 4. The molecule has 0 spiro atoms. The number of benzene rings is 1. The first-order valence-electron chi connectivity index (χ1n) is 6.63. The van der Waals surface area contributed by atoms with E-state index in [1.165, 1.54) is 12.8 Å². The van der Waals surface area contributed by atoms with Crippen molar-refractivity contribution in [1.29, 1.82) is 0 Å². The summed E-state index contributed by atoms with van der Waals surface area (Å²) in [7, 11) is 0. The summed E-state index contributed by atoms with van der Waals surface area (Å²) in [6.45, 7) is 3.31. The van der Waals surface area contributed by atoms with Crippen LogP contribution in [0.3, 0.4) is 0 Å². The van der Waals surface area contributed by atoms with Crippen molar-refractivity contribution in [1.82, 2.24) is 4.98 Å². The number of nitrogens with one attached hydrogen (secondary N) is 1. The molecule has 0 saturated heterocycles. The predicted molar refractivity (Wildman–Crippen MR) is 76.5 cm³/mol. The van der Waals surface area contributed by atoms with Crippen molar-refractivity contribution in [2.24, 2.45) is 11.8 Å². The van der Waals surface area contributed by atoms with Crippen LogP contribution in [0.1, 0.15) is 19.8 Å². The first-order valence-corrected chi connectivity index (χ1v) is 6.63. The van der Waals surface area contributed by atoms with Crippen molar-refractivity contribution < 1.29 is 0 Å². The van der Waals surface area contributed by atoms with E-state index in [9.17, 15) is 0 Å². The largest absolute Gasteiger partial charge is 0.397 e. The van der Waals surface area contributed by atoms with Gasteiger partial charge in [0.2, 0.25) is 0 Å². The van der Waals surface area contributed by atoms with Crippen molar-refractivity contribution in [3.63, 3.8) is 0 Å². The highest BCUT2D eigenvalue weighted by atomic mass is 14.9. The SMILES string of the molecule is CC(CNc1ccc2ncccc2c1N)C1CC1. The number of anilines is 2. The Labute approximate surface area is 107 Å². The minimum atomic E-state index is 0.731. The maximum atomic E-state index is 6.19. The van der Waals surface area contributed by atoms with Crippen LogP contribution in [0.25, 0.3) is 10.9 Å². The van der Waals surface area contributed by atoms with Crippen molar-refractivity contribution >= 4 is 22.3 Å². The lowest BCUT2D eigenvalue weighted by Crippen LogP contribution is -2.13. The highest BCUT2D eigenvalue weighted by Gasteiger charge is 2.27. The number of pyridine rings is 1. The average Bonchev–Trinajstić information content (AvgIpc) is 3.22. The Kier molecular flexibility index (Phi) is 2.82. The zero-order valence-electron chi connectivity index (χ0n) is 10.7. The minimum absolute atomic E-state index is 0.731. The lowest BCUT2D eigenvalue weighted by molar-refractivity contribution is 0.537. The summed E-state index contributed by atoms with van der Waals surface area (Å²) in [4.78, 5) is 4.31. The highest BCUT2D eigenvalue weighted by molar-refractivity contribution is 5.96. The van der Waals surface area contributed by atoms with Crippen molar-refractivity contribution in [3.05, 3.63) is 30.5 Å². The molecule has 3 nitrogen and oxygen atoms in total. The summed E-state index contributed by atoms with van der Waals surface area (Å²) in [5, 5.41) is 4.50. The van der Waals surface area contributed by atoms with E-state index < -0.39 is 0 Å². The molecule has 18 heavy (non-hydrogen) atoms. The van der Waals surface area contributed by atoms with Gasteiger partial charge in [-0.3, -0.25) is 4.98 Å². The fourth-order valence-corrected chi connectivity index (χ4v) is 2.43. The van der Waals surface area contributed by atoms with Crippen molar-refractivity contribution in [2.45, 2.75) is 19.8 Å². The maximum Gasteiger partial charge on any atom is 0.0724 e. The Morgan fingerprint density at radius 2 is 2.22 bits per heavy atom. The van der Waals surface area contributed by atoms with Crippen LogP contribution in [0.15, 0.2) is 30.5 Å². The highest BCUT2D eigenvalue weighted by Crippen LogP contribution is 2.37. The molecule has 1 unspecified atom stereocenters. The molecule has 3 rings (SSSR count). The van der Waals surface area contributed by atoms with Gasteiger partial charge in [-0.1, -0.05) is 6.92 Å². The molecule has 3 heteroatoms. The van der Waals surface area contributed by atoms with Crippen LogP contribution in [0, 0.1) is 11.8 Å². The van der Waals surface area contributed by atoms with Gasteiger partial charge in [-0.2, -0.15) is 0 Å². The number of hydrogen-bond donors (Lipinski definition) is 2. The van der Waals surface area contributed by atoms with Gasteiger partial charge >= 0.3 is 0 Å². The molecule has 0 radical (unpaired) electrons. The molecule has 1 atom stereocenters. The standard InChI is InChI=1S/C15H19N3/c1-10(11-4-5-11)9-18-14-7-6-13-12(15(14)16)3-2-8-17-13/h2-3,6-8,10-11,18H,4-5,9,16H2,1H3. The molecule has 0 amide bonds. The molecule has 1 heterocycles. The Morgan fingerprint density at radius 3 is 3.00 bits per heavy atom. The van der Waals surface area contributed by atoms with Gasteiger partial charge in [-0.05, 0) is 48.9 Å². The van der Waals surface area contributed by atoms with Gasteiger partial charge in [0.05, 0.1) is 16.9 Å². The number of nitrogens with two attached hydrogens (primary N) is 1.